The SMILES string of the molecule is NC1CC2CCC(C1)N2C(=O)c1cc(Cl)c[nH]1. The highest BCUT2D eigenvalue weighted by Crippen LogP contribution is 2.36. The van der Waals surface area contributed by atoms with Crippen molar-refractivity contribution in [1.82, 2.24) is 9.88 Å². The third-order valence-electron chi connectivity index (χ3n) is 3.88. The summed E-state index contributed by atoms with van der Waals surface area (Å²) in [6.45, 7) is 0. The summed E-state index contributed by atoms with van der Waals surface area (Å²) in [5.41, 5.74) is 6.58. The molecule has 1 aromatic heterocycles. The van der Waals surface area contributed by atoms with E-state index in [1.807, 2.05) is 4.90 Å². The van der Waals surface area contributed by atoms with Crippen molar-refractivity contribution in [2.24, 2.45) is 5.73 Å². The molecule has 0 radical (unpaired) electrons. The number of nitrogens with one attached hydrogen (secondary N) is 1. The summed E-state index contributed by atoms with van der Waals surface area (Å²) in [5, 5.41) is 0.578. The Hall–Kier alpha value is -1.00. The van der Waals surface area contributed by atoms with Crippen molar-refractivity contribution in [3.63, 3.8) is 0 Å². The van der Waals surface area contributed by atoms with Gasteiger partial charge in [0.05, 0.1) is 5.02 Å². The van der Waals surface area contributed by atoms with Crippen molar-refractivity contribution in [3.05, 3.63) is 23.0 Å². The number of fused-ring (bicyclic) bond motifs is 2. The summed E-state index contributed by atoms with van der Waals surface area (Å²) in [4.78, 5) is 17.3. The molecule has 2 bridgehead atoms. The van der Waals surface area contributed by atoms with Gasteiger partial charge in [-0.1, -0.05) is 11.6 Å². The second-order valence-electron chi connectivity index (χ2n) is 5.06. The number of aromatic nitrogens is 1. The minimum atomic E-state index is 0.0660. The van der Waals surface area contributed by atoms with E-state index < -0.39 is 0 Å². The van der Waals surface area contributed by atoms with Crippen LogP contribution in [0.15, 0.2) is 12.3 Å². The number of piperidine rings is 1. The highest BCUT2D eigenvalue weighted by atomic mass is 35.5. The van der Waals surface area contributed by atoms with Gasteiger partial charge in [0.2, 0.25) is 0 Å². The summed E-state index contributed by atoms with van der Waals surface area (Å²) < 4.78 is 0. The molecule has 2 aliphatic heterocycles. The zero-order valence-electron chi connectivity index (χ0n) is 9.53. The lowest BCUT2D eigenvalue weighted by Gasteiger charge is -2.37. The molecule has 17 heavy (non-hydrogen) atoms. The number of carbonyl (C=O) groups is 1. The van der Waals surface area contributed by atoms with Crippen LogP contribution in [0.5, 0.6) is 0 Å². The molecule has 0 saturated carbocycles. The first-order valence-corrected chi connectivity index (χ1v) is 6.45. The summed E-state index contributed by atoms with van der Waals surface area (Å²) in [6, 6.07) is 2.58. The Morgan fingerprint density at radius 1 is 1.41 bits per heavy atom. The molecule has 2 atom stereocenters. The van der Waals surface area contributed by atoms with E-state index in [-0.39, 0.29) is 11.9 Å². The molecule has 2 aliphatic rings. The van der Waals surface area contributed by atoms with Crippen molar-refractivity contribution in [3.8, 4) is 0 Å². The number of rotatable bonds is 1. The lowest BCUT2D eigenvalue weighted by Crippen LogP contribution is -2.50. The van der Waals surface area contributed by atoms with Gasteiger partial charge in [-0.3, -0.25) is 4.79 Å². The van der Waals surface area contributed by atoms with Crippen LogP contribution in [-0.4, -0.2) is 33.9 Å². The molecule has 2 unspecified atom stereocenters. The maximum absolute atomic E-state index is 12.4. The number of halogens is 1. The van der Waals surface area contributed by atoms with E-state index in [1.54, 1.807) is 12.3 Å². The Morgan fingerprint density at radius 2 is 2.06 bits per heavy atom. The Labute approximate surface area is 105 Å². The normalized spacial score (nSPS) is 31.9. The first-order chi connectivity index (χ1) is 8.15. The van der Waals surface area contributed by atoms with Gasteiger partial charge in [0.1, 0.15) is 5.69 Å². The molecule has 5 heteroatoms. The number of carbonyl (C=O) groups excluding carboxylic acids is 1. The van der Waals surface area contributed by atoms with E-state index in [9.17, 15) is 4.79 Å². The van der Waals surface area contributed by atoms with Crippen LogP contribution in [-0.2, 0) is 0 Å². The van der Waals surface area contributed by atoms with Gasteiger partial charge in [0.25, 0.3) is 5.91 Å². The maximum Gasteiger partial charge on any atom is 0.270 e. The van der Waals surface area contributed by atoms with Crippen LogP contribution < -0.4 is 5.73 Å². The number of nitrogens with zero attached hydrogens (tertiary/aromatic N) is 1. The van der Waals surface area contributed by atoms with Gasteiger partial charge in [-0.25, -0.2) is 0 Å². The van der Waals surface area contributed by atoms with E-state index in [0.29, 0.717) is 22.8 Å². The van der Waals surface area contributed by atoms with Crippen molar-refractivity contribution in [1.29, 1.82) is 0 Å². The summed E-state index contributed by atoms with van der Waals surface area (Å²) >= 11 is 5.83. The lowest BCUT2D eigenvalue weighted by atomic mass is 9.98. The Morgan fingerprint density at radius 3 is 2.59 bits per heavy atom. The van der Waals surface area contributed by atoms with Crippen LogP contribution >= 0.6 is 11.6 Å². The smallest absolute Gasteiger partial charge is 0.270 e. The number of hydrogen-bond donors (Lipinski definition) is 2. The largest absolute Gasteiger partial charge is 0.356 e. The van der Waals surface area contributed by atoms with Crippen molar-refractivity contribution < 1.29 is 4.79 Å². The first-order valence-electron chi connectivity index (χ1n) is 6.07. The maximum atomic E-state index is 12.4. The molecule has 3 heterocycles. The molecule has 0 spiro atoms. The molecule has 2 fully saturated rings. The van der Waals surface area contributed by atoms with Gasteiger partial charge < -0.3 is 15.6 Å². The highest BCUT2D eigenvalue weighted by molar-refractivity contribution is 6.30. The fourth-order valence-corrected chi connectivity index (χ4v) is 3.34. The first kappa shape index (κ1) is 11.1. The van der Waals surface area contributed by atoms with Gasteiger partial charge in [0.15, 0.2) is 0 Å². The minimum absolute atomic E-state index is 0.0660. The number of H-pyrrole nitrogens is 1. The van der Waals surface area contributed by atoms with Crippen molar-refractivity contribution in [2.45, 2.75) is 43.8 Å². The van der Waals surface area contributed by atoms with E-state index in [0.717, 1.165) is 25.7 Å². The van der Waals surface area contributed by atoms with Crippen LogP contribution in [0.1, 0.15) is 36.2 Å². The molecular formula is C12H16ClN3O. The average molecular weight is 254 g/mol. The van der Waals surface area contributed by atoms with E-state index in [4.69, 9.17) is 17.3 Å². The number of nitrogens with two attached hydrogens (primary N) is 1. The zero-order chi connectivity index (χ0) is 12.0. The molecule has 1 aromatic rings. The van der Waals surface area contributed by atoms with Crippen LogP contribution in [0.3, 0.4) is 0 Å². The quantitative estimate of drug-likeness (QED) is 0.801. The van der Waals surface area contributed by atoms with Crippen LogP contribution in [0.2, 0.25) is 5.02 Å². The van der Waals surface area contributed by atoms with Gasteiger partial charge in [0, 0.05) is 24.3 Å². The van der Waals surface area contributed by atoms with Crippen LogP contribution in [0.4, 0.5) is 0 Å². The molecule has 92 valence electrons. The standard InChI is InChI=1S/C12H16ClN3O/c13-7-3-11(15-6-7)12(17)16-9-1-2-10(16)5-8(14)4-9/h3,6,8-10,15H,1-2,4-5,14H2. The van der Waals surface area contributed by atoms with Gasteiger partial charge in [-0.05, 0) is 31.7 Å². The Balaban J connectivity index is 1.83. The van der Waals surface area contributed by atoms with Crippen molar-refractivity contribution >= 4 is 17.5 Å². The fraction of sp³-hybridized carbons (Fsp3) is 0.583. The predicted molar refractivity (Wildman–Crippen MR) is 66.0 cm³/mol. The summed E-state index contributed by atoms with van der Waals surface area (Å²) in [7, 11) is 0. The van der Waals surface area contributed by atoms with Gasteiger partial charge >= 0.3 is 0 Å². The van der Waals surface area contributed by atoms with E-state index in [2.05, 4.69) is 4.98 Å². The molecule has 3 rings (SSSR count). The number of aromatic amines is 1. The second kappa shape index (κ2) is 4.03. The van der Waals surface area contributed by atoms with Crippen LogP contribution in [0.25, 0.3) is 0 Å². The zero-order valence-corrected chi connectivity index (χ0v) is 10.3. The third kappa shape index (κ3) is 1.85. The molecule has 0 aliphatic carbocycles. The van der Waals surface area contributed by atoms with Gasteiger partial charge in [-0.15, -0.1) is 0 Å². The Bertz CT molecular complexity index is 431. The summed E-state index contributed by atoms with van der Waals surface area (Å²) in [5.74, 6) is 0.0660. The van der Waals surface area contributed by atoms with Gasteiger partial charge in [-0.2, -0.15) is 0 Å². The molecular weight excluding hydrogens is 238 g/mol. The molecule has 3 N–H and O–H groups in total. The molecule has 1 amide bonds. The monoisotopic (exact) mass is 253 g/mol. The third-order valence-corrected chi connectivity index (χ3v) is 4.10. The average Bonchev–Trinajstić information content (AvgIpc) is 2.81. The van der Waals surface area contributed by atoms with E-state index >= 15 is 0 Å². The lowest BCUT2D eigenvalue weighted by molar-refractivity contribution is 0.0569. The number of amides is 1. The predicted octanol–water partition coefficient (Wildman–Crippen LogP) is 1.76. The minimum Gasteiger partial charge on any atom is -0.356 e. The van der Waals surface area contributed by atoms with E-state index in [1.165, 1.54) is 0 Å². The fourth-order valence-electron chi connectivity index (χ4n) is 3.18. The molecule has 2 saturated heterocycles. The van der Waals surface area contributed by atoms with Crippen LogP contribution in [0, 0.1) is 0 Å². The summed E-state index contributed by atoms with van der Waals surface area (Å²) in [6.07, 6.45) is 5.66. The highest BCUT2D eigenvalue weighted by Gasteiger charge is 2.42. The van der Waals surface area contributed by atoms with Crippen molar-refractivity contribution in [2.75, 3.05) is 0 Å². The second-order valence-corrected chi connectivity index (χ2v) is 5.50. The topological polar surface area (TPSA) is 62.1 Å². The molecule has 4 nitrogen and oxygen atoms in total. The number of hydrogen-bond acceptors (Lipinski definition) is 2. The molecule has 0 aromatic carbocycles. The Kier molecular flexibility index (Phi) is 2.64.